The Labute approximate surface area is 116 Å². The van der Waals surface area contributed by atoms with Gasteiger partial charge in [0, 0.05) is 22.5 Å². The molecule has 1 amide bonds. The van der Waals surface area contributed by atoms with Crippen LogP contribution in [0.15, 0.2) is 30.5 Å². The van der Waals surface area contributed by atoms with Crippen LogP contribution in [0.4, 0.5) is 5.82 Å². The molecular formula is C14H17N3OS. The molecule has 0 aliphatic carbocycles. The molecule has 0 bridgehead atoms. The molecule has 19 heavy (non-hydrogen) atoms. The maximum absolute atomic E-state index is 11.9. The monoisotopic (exact) mass is 275 g/mol. The summed E-state index contributed by atoms with van der Waals surface area (Å²) in [7, 11) is 0. The number of aryl methyl sites for hydroxylation is 1. The maximum atomic E-state index is 11.9. The smallest absolute Gasteiger partial charge is 0.253 e. The molecule has 0 fully saturated rings. The second-order valence-corrected chi connectivity index (χ2v) is 5.53. The third kappa shape index (κ3) is 3.79. The molecule has 100 valence electrons. The Morgan fingerprint density at radius 2 is 2.16 bits per heavy atom. The minimum absolute atomic E-state index is 0.0957. The van der Waals surface area contributed by atoms with E-state index in [0.29, 0.717) is 12.1 Å². The lowest BCUT2D eigenvalue weighted by molar-refractivity contribution is 0.0951. The lowest BCUT2D eigenvalue weighted by atomic mass is 10.2. The molecule has 0 aromatic carbocycles. The molecule has 0 aliphatic rings. The van der Waals surface area contributed by atoms with Gasteiger partial charge in [-0.3, -0.25) is 4.79 Å². The van der Waals surface area contributed by atoms with Crippen molar-refractivity contribution in [2.45, 2.75) is 20.4 Å². The highest BCUT2D eigenvalue weighted by Gasteiger charge is 2.06. The van der Waals surface area contributed by atoms with Crippen LogP contribution in [0.3, 0.4) is 0 Å². The minimum atomic E-state index is -0.0957. The van der Waals surface area contributed by atoms with E-state index in [1.54, 1.807) is 23.6 Å². The SMILES string of the molecule is CCNc1ccc(C(=O)NCc2ccc(C)s2)cn1. The van der Waals surface area contributed by atoms with Crippen molar-refractivity contribution < 1.29 is 4.79 Å². The number of pyridine rings is 1. The van der Waals surface area contributed by atoms with E-state index in [1.807, 2.05) is 19.1 Å². The number of nitrogens with one attached hydrogen (secondary N) is 2. The second-order valence-electron chi connectivity index (χ2n) is 4.16. The van der Waals surface area contributed by atoms with Crippen molar-refractivity contribution in [2.24, 2.45) is 0 Å². The Balaban J connectivity index is 1.92. The first-order valence-corrected chi connectivity index (χ1v) is 7.04. The molecule has 2 N–H and O–H groups in total. The van der Waals surface area contributed by atoms with Gasteiger partial charge in [-0.2, -0.15) is 0 Å². The molecule has 2 aromatic heterocycles. The van der Waals surface area contributed by atoms with E-state index in [0.717, 1.165) is 17.2 Å². The number of carbonyl (C=O) groups excluding carboxylic acids is 1. The molecule has 4 nitrogen and oxygen atoms in total. The Morgan fingerprint density at radius 3 is 2.74 bits per heavy atom. The lowest BCUT2D eigenvalue weighted by Gasteiger charge is -2.05. The highest BCUT2D eigenvalue weighted by atomic mass is 32.1. The van der Waals surface area contributed by atoms with E-state index < -0.39 is 0 Å². The summed E-state index contributed by atoms with van der Waals surface area (Å²) in [5, 5.41) is 5.98. The van der Waals surface area contributed by atoms with Crippen molar-refractivity contribution in [3.63, 3.8) is 0 Å². The summed E-state index contributed by atoms with van der Waals surface area (Å²) in [6, 6.07) is 7.68. The lowest BCUT2D eigenvalue weighted by Crippen LogP contribution is -2.22. The zero-order valence-corrected chi connectivity index (χ0v) is 11.9. The first-order chi connectivity index (χ1) is 9.19. The van der Waals surface area contributed by atoms with Gasteiger partial charge in [0.1, 0.15) is 5.82 Å². The van der Waals surface area contributed by atoms with Gasteiger partial charge in [-0.15, -0.1) is 11.3 Å². The molecule has 2 aromatic rings. The minimum Gasteiger partial charge on any atom is -0.370 e. The molecular weight excluding hydrogens is 258 g/mol. The molecule has 2 heterocycles. The van der Waals surface area contributed by atoms with Crippen LogP contribution in [-0.2, 0) is 6.54 Å². The average molecular weight is 275 g/mol. The Kier molecular flexibility index (Phi) is 4.52. The van der Waals surface area contributed by atoms with Crippen LogP contribution in [-0.4, -0.2) is 17.4 Å². The summed E-state index contributed by atoms with van der Waals surface area (Å²) < 4.78 is 0. The highest BCUT2D eigenvalue weighted by molar-refractivity contribution is 7.11. The fourth-order valence-corrected chi connectivity index (χ4v) is 2.49. The van der Waals surface area contributed by atoms with E-state index in [2.05, 4.69) is 28.6 Å². The number of rotatable bonds is 5. The van der Waals surface area contributed by atoms with Gasteiger partial charge in [-0.25, -0.2) is 4.98 Å². The topological polar surface area (TPSA) is 54.0 Å². The van der Waals surface area contributed by atoms with Crippen molar-refractivity contribution in [3.05, 3.63) is 45.8 Å². The fourth-order valence-electron chi connectivity index (χ4n) is 1.66. The zero-order chi connectivity index (χ0) is 13.7. The first-order valence-electron chi connectivity index (χ1n) is 6.22. The van der Waals surface area contributed by atoms with Gasteiger partial charge in [0.25, 0.3) is 5.91 Å². The van der Waals surface area contributed by atoms with Crippen LogP contribution < -0.4 is 10.6 Å². The maximum Gasteiger partial charge on any atom is 0.253 e. The summed E-state index contributed by atoms with van der Waals surface area (Å²) in [6.45, 7) is 5.44. The van der Waals surface area contributed by atoms with E-state index in [9.17, 15) is 4.79 Å². The highest BCUT2D eigenvalue weighted by Crippen LogP contribution is 2.14. The molecule has 0 saturated carbocycles. The number of hydrogen-bond acceptors (Lipinski definition) is 4. The summed E-state index contributed by atoms with van der Waals surface area (Å²) in [5.74, 6) is 0.689. The number of aromatic nitrogens is 1. The van der Waals surface area contributed by atoms with Crippen LogP contribution in [0.5, 0.6) is 0 Å². The molecule has 0 unspecified atom stereocenters. The van der Waals surface area contributed by atoms with Crippen molar-refractivity contribution in [3.8, 4) is 0 Å². The van der Waals surface area contributed by atoms with Crippen LogP contribution in [0, 0.1) is 6.92 Å². The number of nitrogens with zero attached hydrogens (tertiary/aromatic N) is 1. The van der Waals surface area contributed by atoms with E-state index in [1.165, 1.54) is 4.88 Å². The van der Waals surface area contributed by atoms with Crippen molar-refractivity contribution in [1.82, 2.24) is 10.3 Å². The Hall–Kier alpha value is -1.88. The van der Waals surface area contributed by atoms with Crippen molar-refractivity contribution in [2.75, 3.05) is 11.9 Å². The summed E-state index contributed by atoms with van der Waals surface area (Å²) in [4.78, 5) is 18.5. The quantitative estimate of drug-likeness (QED) is 0.882. The number of carbonyl (C=O) groups is 1. The van der Waals surface area contributed by atoms with Crippen molar-refractivity contribution >= 4 is 23.1 Å². The largest absolute Gasteiger partial charge is 0.370 e. The van der Waals surface area contributed by atoms with E-state index >= 15 is 0 Å². The number of hydrogen-bond donors (Lipinski definition) is 2. The summed E-state index contributed by atoms with van der Waals surface area (Å²) in [6.07, 6.45) is 1.59. The third-order valence-corrected chi connectivity index (χ3v) is 3.60. The van der Waals surface area contributed by atoms with Gasteiger partial charge in [-0.05, 0) is 38.1 Å². The number of amides is 1. The zero-order valence-electron chi connectivity index (χ0n) is 11.1. The standard InChI is InChI=1S/C14H17N3OS/c1-3-15-13-7-5-11(8-16-13)14(18)17-9-12-6-4-10(2)19-12/h4-8H,3,9H2,1-2H3,(H,15,16)(H,17,18). The summed E-state index contributed by atoms with van der Waals surface area (Å²) >= 11 is 1.69. The third-order valence-electron chi connectivity index (χ3n) is 2.60. The predicted octanol–water partition coefficient (Wildman–Crippen LogP) is 2.81. The fraction of sp³-hybridized carbons (Fsp3) is 0.286. The van der Waals surface area contributed by atoms with Crippen LogP contribution >= 0.6 is 11.3 Å². The molecule has 0 radical (unpaired) electrons. The van der Waals surface area contributed by atoms with Gasteiger partial charge in [0.2, 0.25) is 0 Å². The molecule has 5 heteroatoms. The average Bonchev–Trinajstić information content (AvgIpc) is 2.83. The molecule has 0 saturated heterocycles. The Bertz CT molecular complexity index is 548. The first kappa shape index (κ1) is 13.5. The van der Waals surface area contributed by atoms with E-state index in [4.69, 9.17) is 0 Å². The van der Waals surface area contributed by atoms with Gasteiger partial charge in [0.05, 0.1) is 12.1 Å². The molecule has 2 rings (SSSR count). The number of thiophene rings is 1. The predicted molar refractivity (Wildman–Crippen MR) is 78.6 cm³/mol. The van der Waals surface area contributed by atoms with Crippen LogP contribution in [0.1, 0.15) is 27.0 Å². The molecule has 0 atom stereocenters. The summed E-state index contributed by atoms with van der Waals surface area (Å²) in [5.41, 5.74) is 0.579. The molecule has 0 aliphatic heterocycles. The number of anilines is 1. The van der Waals surface area contributed by atoms with Gasteiger partial charge in [-0.1, -0.05) is 0 Å². The normalized spacial score (nSPS) is 10.2. The Morgan fingerprint density at radius 1 is 1.32 bits per heavy atom. The van der Waals surface area contributed by atoms with Gasteiger partial charge < -0.3 is 10.6 Å². The van der Waals surface area contributed by atoms with Gasteiger partial charge >= 0.3 is 0 Å². The van der Waals surface area contributed by atoms with Crippen LogP contribution in [0.25, 0.3) is 0 Å². The van der Waals surface area contributed by atoms with Crippen LogP contribution in [0.2, 0.25) is 0 Å². The van der Waals surface area contributed by atoms with E-state index in [-0.39, 0.29) is 5.91 Å². The second kappa shape index (κ2) is 6.33. The van der Waals surface area contributed by atoms with Gasteiger partial charge in [0.15, 0.2) is 0 Å². The van der Waals surface area contributed by atoms with Crippen molar-refractivity contribution in [1.29, 1.82) is 0 Å². The molecule has 0 spiro atoms.